The summed E-state index contributed by atoms with van der Waals surface area (Å²) in [4.78, 5) is 28.6. The number of fused-ring (bicyclic) bond motifs is 1. The standard InChI is InChI=1S/C22H27N5OS/c1-14-9-15(12-23-11-14)13-24-21-25-17-6-8-29-19(17)18(26-21)20(28)27(4)16-5-7-22(2,3)10-16/h6,8-9,11-12,16H,5,7,10,13H2,1-4H3,(H,24,25,26). The molecule has 1 atom stereocenters. The van der Waals surface area contributed by atoms with Crippen LogP contribution >= 0.6 is 11.3 Å². The highest BCUT2D eigenvalue weighted by Gasteiger charge is 2.35. The molecule has 4 rings (SSSR count). The molecule has 1 fully saturated rings. The summed E-state index contributed by atoms with van der Waals surface area (Å²) in [6, 6.07) is 4.28. The molecule has 1 aliphatic rings. The van der Waals surface area contributed by atoms with Crippen LogP contribution in [0.4, 0.5) is 5.95 Å². The molecule has 0 aliphatic heterocycles. The van der Waals surface area contributed by atoms with E-state index in [-0.39, 0.29) is 17.4 Å². The molecule has 1 unspecified atom stereocenters. The van der Waals surface area contributed by atoms with Crippen LogP contribution in [0, 0.1) is 12.3 Å². The molecule has 6 nitrogen and oxygen atoms in total. The number of carbonyl (C=O) groups excluding carboxylic acids is 1. The van der Waals surface area contributed by atoms with Gasteiger partial charge in [-0.2, -0.15) is 0 Å². The summed E-state index contributed by atoms with van der Waals surface area (Å²) in [5.41, 5.74) is 3.74. The average Bonchev–Trinajstić information content (AvgIpc) is 3.30. The summed E-state index contributed by atoms with van der Waals surface area (Å²) in [7, 11) is 1.90. The van der Waals surface area contributed by atoms with Crippen molar-refractivity contribution in [2.75, 3.05) is 12.4 Å². The van der Waals surface area contributed by atoms with E-state index in [0.29, 0.717) is 18.2 Å². The molecule has 3 aromatic rings. The Bertz CT molecular complexity index is 1040. The van der Waals surface area contributed by atoms with Gasteiger partial charge in [-0.15, -0.1) is 11.3 Å². The normalized spacial score (nSPS) is 18.1. The number of nitrogens with zero attached hydrogens (tertiary/aromatic N) is 4. The predicted octanol–water partition coefficient (Wildman–Crippen LogP) is 4.66. The van der Waals surface area contributed by atoms with Crippen molar-refractivity contribution in [2.24, 2.45) is 5.41 Å². The van der Waals surface area contributed by atoms with Crippen LogP contribution in [0.25, 0.3) is 10.2 Å². The van der Waals surface area contributed by atoms with Gasteiger partial charge in [0.25, 0.3) is 5.91 Å². The van der Waals surface area contributed by atoms with Crippen molar-refractivity contribution in [3.63, 3.8) is 0 Å². The second kappa shape index (κ2) is 7.71. The maximum Gasteiger partial charge on any atom is 0.274 e. The van der Waals surface area contributed by atoms with Gasteiger partial charge in [-0.05, 0) is 54.2 Å². The van der Waals surface area contributed by atoms with E-state index in [1.807, 2.05) is 42.7 Å². The van der Waals surface area contributed by atoms with Gasteiger partial charge in [0, 0.05) is 32.0 Å². The summed E-state index contributed by atoms with van der Waals surface area (Å²) in [5.74, 6) is 0.448. The van der Waals surface area contributed by atoms with Gasteiger partial charge < -0.3 is 10.2 Å². The molecule has 0 radical (unpaired) electrons. The van der Waals surface area contributed by atoms with E-state index in [2.05, 4.69) is 40.2 Å². The van der Waals surface area contributed by atoms with Crippen LogP contribution < -0.4 is 5.32 Å². The Labute approximate surface area is 175 Å². The number of rotatable bonds is 5. The third-order valence-electron chi connectivity index (χ3n) is 5.70. The largest absolute Gasteiger partial charge is 0.350 e. The summed E-state index contributed by atoms with van der Waals surface area (Å²) in [6.45, 7) is 7.12. The maximum absolute atomic E-state index is 13.3. The number of thiophene rings is 1. The maximum atomic E-state index is 13.3. The highest BCUT2D eigenvalue weighted by molar-refractivity contribution is 7.17. The Morgan fingerprint density at radius 3 is 2.90 bits per heavy atom. The molecule has 29 heavy (non-hydrogen) atoms. The lowest BCUT2D eigenvalue weighted by Gasteiger charge is -2.26. The minimum absolute atomic E-state index is 0.0252. The summed E-state index contributed by atoms with van der Waals surface area (Å²) >= 11 is 1.52. The van der Waals surface area contributed by atoms with Crippen molar-refractivity contribution in [3.05, 3.63) is 46.7 Å². The highest BCUT2D eigenvalue weighted by Crippen LogP contribution is 2.39. The molecule has 152 valence electrons. The Hall–Kier alpha value is -2.54. The molecular weight excluding hydrogens is 382 g/mol. The second-order valence-corrected chi connectivity index (χ2v) is 9.65. The third-order valence-corrected chi connectivity index (χ3v) is 6.61. The molecule has 3 heterocycles. The molecule has 1 N–H and O–H groups in total. The lowest BCUT2D eigenvalue weighted by Crippen LogP contribution is -2.36. The number of anilines is 1. The molecule has 0 bridgehead atoms. The molecule has 0 spiro atoms. The van der Waals surface area contributed by atoms with Crippen LogP contribution in [0.2, 0.25) is 0 Å². The zero-order chi connectivity index (χ0) is 20.6. The van der Waals surface area contributed by atoms with Crippen LogP contribution in [0.1, 0.15) is 54.7 Å². The fraction of sp³-hybridized carbons (Fsp3) is 0.455. The number of amides is 1. The summed E-state index contributed by atoms with van der Waals surface area (Å²) in [6.07, 6.45) is 6.86. The van der Waals surface area contributed by atoms with E-state index in [1.165, 1.54) is 11.3 Å². The number of hydrogen-bond donors (Lipinski definition) is 1. The van der Waals surface area contributed by atoms with Crippen LogP contribution in [0.3, 0.4) is 0 Å². The quantitative estimate of drug-likeness (QED) is 0.664. The van der Waals surface area contributed by atoms with E-state index in [4.69, 9.17) is 0 Å². The smallest absolute Gasteiger partial charge is 0.274 e. The number of nitrogens with one attached hydrogen (secondary N) is 1. The fourth-order valence-corrected chi connectivity index (χ4v) is 4.86. The lowest BCUT2D eigenvalue weighted by atomic mass is 9.91. The van der Waals surface area contributed by atoms with Gasteiger partial charge in [-0.25, -0.2) is 9.97 Å². The van der Waals surface area contributed by atoms with Gasteiger partial charge >= 0.3 is 0 Å². The number of aromatic nitrogens is 3. The Balaban J connectivity index is 1.58. The first-order valence-corrected chi connectivity index (χ1v) is 10.9. The Morgan fingerprint density at radius 2 is 2.17 bits per heavy atom. The molecular formula is C22H27N5OS. The van der Waals surface area contributed by atoms with E-state index >= 15 is 0 Å². The summed E-state index contributed by atoms with van der Waals surface area (Å²) < 4.78 is 0.849. The Kier molecular flexibility index (Phi) is 5.25. The predicted molar refractivity (Wildman–Crippen MR) is 117 cm³/mol. The number of carbonyl (C=O) groups is 1. The van der Waals surface area contributed by atoms with E-state index < -0.39 is 0 Å². The van der Waals surface area contributed by atoms with Crippen molar-refractivity contribution in [3.8, 4) is 0 Å². The topological polar surface area (TPSA) is 71.0 Å². The first kappa shape index (κ1) is 19.8. The molecule has 1 aliphatic carbocycles. The van der Waals surface area contributed by atoms with Gasteiger partial charge in [-0.3, -0.25) is 9.78 Å². The van der Waals surface area contributed by atoms with Gasteiger partial charge in [0.05, 0.1) is 10.2 Å². The van der Waals surface area contributed by atoms with Gasteiger partial charge in [0.2, 0.25) is 5.95 Å². The SMILES string of the molecule is Cc1cncc(CNc2nc(C(=O)N(C)C3CCC(C)(C)C3)c3sccc3n2)c1. The van der Waals surface area contributed by atoms with Gasteiger partial charge in [-0.1, -0.05) is 19.9 Å². The average molecular weight is 410 g/mol. The Morgan fingerprint density at radius 1 is 1.34 bits per heavy atom. The van der Waals surface area contributed by atoms with E-state index in [1.54, 1.807) is 0 Å². The number of pyridine rings is 1. The van der Waals surface area contributed by atoms with Crippen LogP contribution in [0.5, 0.6) is 0 Å². The molecule has 3 aromatic heterocycles. The molecule has 0 saturated heterocycles. The minimum Gasteiger partial charge on any atom is -0.350 e. The molecule has 7 heteroatoms. The van der Waals surface area contributed by atoms with Crippen molar-refractivity contribution < 1.29 is 4.79 Å². The third kappa shape index (κ3) is 4.24. The number of aryl methyl sites for hydroxylation is 1. The number of hydrogen-bond acceptors (Lipinski definition) is 6. The second-order valence-electron chi connectivity index (χ2n) is 8.73. The zero-order valence-electron chi connectivity index (χ0n) is 17.4. The van der Waals surface area contributed by atoms with Crippen LogP contribution in [-0.2, 0) is 6.54 Å². The fourth-order valence-electron chi connectivity index (χ4n) is 4.05. The first-order valence-electron chi connectivity index (χ1n) is 9.99. The van der Waals surface area contributed by atoms with Gasteiger partial charge in [0.1, 0.15) is 0 Å². The minimum atomic E-state index is -0.0252. The van der Waals surface area contributed by atoms with Crippen molar-refractivity contribution in [1.29, 1.82) is 0 Å². The van der Waals surface area contributed by atoms with Crippen LogP contribution in [0.15, 0.2) is 29.9 Å². The monoisotopic (exact) mass is 409 g/mol. The summed E-state index contributed by atoms with van der Waals surface area (Å²) in [5, 5.41) is 5.22. The van der Waals surface area contributed by atoms with E-state index in [9.17, 15) is 4.79 Å². The van der Waals surface area contributed by atoms with Crippen molar-refractivity contribution >= 4 is 33.4 Å². The lowest BCUT2D eigenvalue weighted by molar-refractivity contribution is 0.0724. The molecule has 1 amide bonds. The van der Waals surface area contributed by atoms with Crippen molar-refractivity contribution in [2.45, 2.75) is 52.6 Å². The highest BCUT2D eigenvalue weighted by atomic mass is 32.1. The van der Waals surface area contributed by atoms with E-state index in [0.717, 1.165) is 40.6 Å². The van der Waals surface area contributed by atoms with Crippen molar-refractivity contribution in [1.82, 2.24) is 19.9 Å². The zero-order valence-corrected chi connectivity index (χ0v) is 18.2. The first-order chi connectivity index (χ1) is 13.8. The molecule has 0 aromatic carbocycles. The van der Waals surface area contributed by atoms with Gasteiger partial charge in [0.15, 0.2) is 5.69 Å². The van der Waals surface area contributed by atoms with Crippen LogP contribution in [-0.4, -0.2) is 38.8 Å². The molecule has 1 saturated carbocycles.